The summed E-state index contributed by atoms with van der Waals surface area (Å²) in [6, 6.07) is 8.67. The Morgan fingerprint density at radius 3 is 2.40 bits per heavy atom. The molecule has 1 aromatic rings. The molecule has 20 heavy (non-hydrogen) atoms. The maximum absolute atomic E-state index is 10.2. The fourth-order valence-corrected chi connectivity index (χ4v) is 1.96. The minimum Gasteiger partial charge on any atom is -0.389 e. The molecule has 0 aliphatic heterocycles. The van der Waals surface area contributed by atoms with Gasteiger partial charge in [-0.1, -0.05) is 12.1 Å². The van der Waals surface area contributed by atoms with Crippen molar-refractivity contribution >= 4 is 5.69 Å². The number of rotatable bonds is 8. The molecule has 0 bridgehead atoms. The van der Waals surface area contributed by atoms with Gasteiger partial charge in [-0.2, -0.15) is 0 Å². The lowest BCUT2D eigenvalue weighted by Crippen LogP contribution is -2.39. The zero-order chi connectivity index (χ0) is 15.2. The maximum Gasteiger partial charge on any atom is 0.0765 e. The van der Waals surface area contributed by atoms with Crippen LogP contribution in [0.1, 0.15) is 31.9 Å². The normalized spacial score (nSPS) is 15.7. The molecule has 0 saturated heterocycles. The van der Waals surface area contributed by atoms with Gasteiger partial charge >= 0.3 is 0 Å². The molecule has 0 heterocycles. The van der Waals surface area contributed by atoms with Crippen molar-refractivity contribution in [2.45, 2.75) is 31.9 Å². The summed E-state index contributed by atoms with van der Waals surface area (Å²) in [6.45, 7) is 5.06. The first-order valence-electron chi connectivity index (χ1n) is 7.08. The molecule has 0 fully saturated rings. The van der Waals surface area contributed by atoms with Gasteiger partial charge in [-0.15, -0.1) is 0 Å². The van der Waals surface area contributed by atoms with E-state index in [1.165, 1.54) is 11.3 Å². The van der Waals surface area contributed by atoms with Crippen molar-refractivity contribution in [3.8, 4) is 0 Å². The summed E-state index contributed by atoms with van der Waals surface area (Å²) in [5, 5.41) is 13.6. The summed E-state index contributed by atoms with van der Waals surface area (Å²) in [6.07, 6.45) is 0.628. The largest absolute Gasteiger partial charge is 0.389 e. The molecule has 2 unspecified atom stereocenters. The van der Waals surface area contributed by atoms with Crippen LogP contribution in [0.2, 0.25) is 0 Å². The van der Waals surface area contributed by atoms with Crippen LogP contribution in [0.3, 0.4) is 0 Å². The van der Waals surface area contributed by atoms with Crippen LogP contribution in [0.15, 0.2) is 24.3 Å². The van der Waals surface area contributed by atoms with E-state index < -0.39 is 5.60 Å². The predicted molar refractivity (Wildman–Crippen MR) is 84.3 cm³/mol. The van der Waals surface area contributed by atoms with E-state index in [1.807, 2.05) is 21.0 Å². The highest BCUT2D eigenvalue weighted by atomic mass is 16.5. The Labute approximate surface area is 122 Å². The lowest BCUT2D eigenvalue weighted by molar-refractivity contribution is 0.0231. The Morgan fingerprint density at radius 1 is 1.30 bits per heavy atom. The van der Waals surface area contributed by atoms with E-state index in [4.69, 9.17) is 4.74 Å². The van der Waals surface area contributed by atoms with E-state index >= 15 is 0 Å². The van der Waals surface area contributed by atoms with Crippen LogP contribution >= 0.6 is 0 Å². The number of anilines is 1. The van der Waals surface area contributed by atoms with E-state index in [-0.39, 0.29) is 6.04 Å². The zero-order valence-corrected chi connectivity index (χ0v) is 13.3. The van der Waals surface area contributed by atoms with Gasteiger partial charge in [0.1, 0.15) is 0 Å². The number of hydrogen-bond donors (Lipinski definition) is 2. The average Bonchev–Trinajstić information content (AvgIpc) is 2.43. The van der Waals surface area contributed by atoms with Gasteiger partial charge in [-0.05, 0) is 31.5 Å². The summed E-state index contributed by atoms with van der Waals surface area (Å²) < 4.78 is 5.01. The first-order valence-corrected chi connectivity index (χ1v) is 7.08. The molecule has 2 N–H and O–H groups in total. The van der Waals surface area contributed by atoms with Crippen LogP contribution in [-0.2, 0) is 4.74 Å². The first-order chi connectivity index (χ1) is 9.35. The lowest BCUT2D eigenvalue weighted by atomic mass is 10.0. The average molecular weight is 280 g/mol. The molecular weight excluding hydrogens is 252 g/mol. The molecule has 2 atom stereocenters. The number of ether oxygens (including phenoxy) is 1. The van der Waals surface area contributed by atoms with Crippen molar-refractivity contribution < 1.29 is 9.84 Å². The van der Waals surface area contributed by atoms with Crippen LogP contribution in [0.25, 0.3) is 0 Å². The smallest absolute Gasteiger partial charge is 0.0765 e. The summed E-state index contributed by atoms with van der Waals surface area (Å²) >= 11 is 0. The third-order valence-electron chi connectivity index (χ3n) is 3.54. The quantitative estimate of drug-likeness (QED) is 0.766. The zero-order valence-electron chi connectivity index (χ0n) is 13.3. The Balaban J connectivity index is 2.51. The molecule has 0 aliphatic carbocycles. The molecule has 4 heteroatoms. The van der Waals surface area contributed by atoms with E-state index in [2.05, 4.69) is 41.4 Å². The second-order valence-electron chi connectivity index (χ2n) is 5.83. The number of benzene rings is 1. The van der Waals surface area contributed by atoms with Gasteiger partial charge in [0.2, 0.25) is 0 Å². The van der Waals surface area contributed by atoms with Gasteiger partial charge < -0.3 is 20.1 Å². The summed E-state index contributed by atoms with van der Waals surface area (Å²) in [5.74, 6) is 0. The van der Waals surface area contributed by atoms with Crippen LogP contribution in [0.4, 0.5) is 5.69 Å². The SMILES string of the molecule is COCCC(C)(O)CNC(C)c1ccc(N(C)C)cc1. The topological polar surface area (TPSA) is 44.7 Å². The number of nitrogens with one attached hydrogen (secondary N) is 1. The second kappa shape index (κ2) is 7.62. The fourth-order valence-electron chi connectivity index (χ4n) is 1.96. The highest BCUT2D eigenvalue weighted by Crippen LogP contribution is 2.18. The van der Waals surface area contributed by atoms with E-state index in [1.54, 1.807) is 7.11 Å². The lowest BCUT2D eigenvalue weighted by Gasteiger charge is -2.26. The summed E-state index contributed by atoms with van der Waals surface area (Å²) in [5.41, 5.74) is 1.67. The monoisotopic (exact) mass is 280 g/mol. The highest BCUT2D eigenvalue weighted by molar-refractivity contribution is 5.46. The van der Waals surface area contributed by atoms with Gasteiger partial charge in [0.05, 0.1) is 5.60 Å². The molecule has 0 aliphatic rings. The number of methoxy groups -OCH3 is 1. The molecule has 1 rings (SSSR count). The first kappa shape index (κ1) is 17.0. The molecule has 0 amide bonds. The molecule has 1 aromatic carbocycles. The molecule has 0 spiro atoms. The maximum atomic E-state index is 10.2. The van der Waals surface area contributed by atoms with Crippen molar-refractivity contribution in [1.29, 1.82) is 0 Å². The number of hydrogen-bond acceptors (Lipinski definition) is 4. The molecular formula is C16H28N2O2. The van der Waals surface area contributed by atoms with Gasteiger partial charge in [-0.3, -0.25) is 0 Å². The number of aliphatic hydroxyl groups is 1. The van der Waals surface area contributed by atoms with Crippen molar-refractivity contribution in [3.63, 3.8) is 0 Å². The highest BCUT2D eigenvalue weighted by Gasteiger charge is 2.20. The summed E-state index contributed by atoms with van der Waals surface area (Å²) in [7, 11) is 5.71. The Kier molecular flexibility index (Phi) is 6.46. The van der Waals surface area contributed by atoms with Gasteiger partial charge in [-0.25, -0.2) is 0 Å². The third-order valence-corrected chi connectivity index (χ3v) is 3.54. The molecule has 0 radical (unpaired) electrons. The van der Waals surface area contributed by atoms with Crippen molar-refractivity contribution in [3.05, 3.63) is 29.8 Å². The van der Waals surface area contributed by atoms with Crippen LogP contribution in [-0.4, -0.2) is 45.1 Å². The molecule has 0 aromatic heterocycles. The van der Waals surface area contributed by atoms with Crippen LogP contribution in [0, 0.1) is 0 Å². The van der Waals surface area contributed by atoms with Gasteiger partial charge in [0.15, 0.2) is 0 Å². The third kappa shape index (κ3) is 5.49. The van der Waals surface area contributed by atoms with Gasteiger partial charge in [0, 0.05) is 52.5 Å². The molecule has 0 saturated carbocycles. The van der Waals surface area contributed by atoms with Crippen molar-refractivity contribution in [2.24, 2.45) is 0 Å². The Bertz CT molecular complexity index is 388. The predicted octanol–water partition coefficient (Wildman–Crippen LogP) is 2.19. The minimum atomic E-state index is -0.742. The van der Waals surface area contributed by atoms with Gasteiger partial charge in [0.25, 0.3) is 0 Å². The van der Waals surface area contributed by atoms with Crippen molar-refractivity contribution in [2.75, 3.05) is 39.3 Å². The standard InChI is InChI=1S/C16H28N2O2/c1-13(17-12-16(2,19)10-11-20-5)14-6-8-15(9-7-14)18(3)4/h6-9,13,17,19H,10-12H2,1-5H3. The minimum absolute atomic E-state index is 0.209. The fraction of sp³-hybridized carbons (Fsp3) is 0.625. The number of nitrogens with zero attached hydrogens (tertiary/aromatic N) is 1. The van der Waals surface area contributed by atoms with Crippen LogP contribution < -0.4 is 10.2 Å². The van der Waals surface area contributed by atoms with Crippen LogP contribution in [0.5, 0.6) is 0 Å². The van der Waals surface area contributed by atoms with Crippen molar-refractivity contribution in [1.82, 2.24) is 5.32 Å². The Hall–Kier alpha value is -1.10. The van der Waals surface area contributed by atoms with E-state index in [0.29, 0.717) is 19.6 Å². The summed E-state index contributed by atoms with van der Waals surface area (Å²) in [4.78, 5) is 2.08. The Morgan fingerprint density at radius 2 is 1.90 bits per heavy atom. The molecule has 4 nitrogen and oxygen atoms in total. The second-order valence-corrected chi connectivity index (χ2v) is 5.83. The molecule has 114 valence electrons. The van der Waals surface area contributed by atoms with E-state index in [9.17, 15) is 5.11 Å². The van der Waals surface area contributed by atoms with E-state index in [0.717, 1.165) is 0 Å².